The van der Waals surface area contributed by atoms with Gasteiger partial charge >= 0.3 is 5.69 Å². The Kier molecular flexibility index (Phi) is 8.82. The highest BCUT2D eigenvalue weighted by atomic mass is 19.1. The minimum Gasteiger partial charge on any atom is -0.479 e. The maximum atomic E-state index is 13.3. The summed E-state index contributed by atoms with van der Waals surface area (Å²) >= 11 is 0. The number of nitriles is 1. The number of nitro benzene ring substituents is 1. The lowest BCUT2D eigenvalue weighted by Crippen LogP contribution is -2.00. The monoisotopic (exact) mass is 370 g/mol. The van der Waals surface area contributed by atoms with Gasteiger partial charge < -0.3 is 4.74 Å². The molecule has 0 amide bonds. The standard InChI is InChI=1S/C10H10FN3O2.C9H9NO/c1-3-13-10(12-2)7-4-5-9(14(15)16)8(11)6-7;1-8-2-4-9(5-3-8)11-7-6-10/h3-6H,1-2H3;2-5H,7H2,1H3. The molecule has 7 nitrogen and oxygen atoms in total. The molecule has 0 unspecified atom stereocenters. The molecule has 0 saturated carbocycles. The summed E-state index contributed by atoms with van der Waals surface area (Å²) in [5.74, 6) is 0.184. The molecule has 0 radical (unpaired) electrons. The van der Waals surface area contributed by atoms with Gasteiger partial charge in [0.25, 0.3) is 0 Å². The first kappa shape index (κ1) is 21.4. The van der Waals surface area contributed by atoms with E-state index in [1.165, 1.54) is 24.9 Å². The van der Waals surface area contributed by atoms with Crippen molar-refractivity contribution in [1.82, 2.24) is 0 Å². The summed E-state index contributed by atoms with van der Waals surface area (Å²) in [6.07, 6.45) is 1.52. The molecule has 0 saturated heterocycles. The van der Waals surface area contributed by atoms with Crippen molar-refractivity contribution < 1.29 is 14.1 Å². The fourth-order valence-corrected chi connectivity index (χ4v) is 1.93. The van der Waals surface area contributed by atoms with E-state index in [-0.39, 0.29) is 6.61 Å². The smallest absolute Gasteiger partial charge is 0.304 e. The zero-order chi connectivity index (χ0) is 20.2. The second kappa shape index (κ2) is 11.1. The fourth-order valence-electron chi connectivity index (χ4n) is 1.93. The Labute approximate surface area is 156 Å². The second-order valence-corrected chi connectivity index (χ2v) is 5.12. The SMILES string of the molecule is CC=NC(=NC)c1ccc([N+](=O)[O-])c(F)c1.Cc1ccc(OCC#N)cc1. The number of aliphatic imine (C=N–C) groups is 2. The van der Waals surface area contributed by atoms with Gasteiger partial charge in [-0.2, -0.15) is 9.65 Å². The first-order valence-corrected chi connectivity index (χ1v) is 7.89. The van der Waals surface area contributed by atoms with Crippen LogP contribution < -0.4 is 4.74 Å². The highest BCUT2D eigenvalue weighted by Gasteiger charge is 2.15. The predicted octanol–water partition coefficient (Wildman–Crippen LogP) is 4.10. The van der Waals surface area contributed by atoms with Crippen LogP contribution in [0.4, 0.5) is 10.1 Å². The molecule has 0 aromatic heterocycles. The van der Waals surface area contributed by atoms with Crippen LogP contribution in [0, 0.1) is 34.2 Å². The number of hydrogen-bond donors (Lipinski definition) is 0. The zero-order valence-electron chi connectivity index (χ0n) is 15.2. The van der Waals surface area contributed by atoms with E-state index in [0.29, 0.717) is 11.4 Å². The molecule has 140 valence electrons. The molecule has 0 atom stereocenters. The van der Waals surface area contributed by atoms with Gasteiger partial charge in [-0.25, -0.2) is 4.99 Å². The van der Waals surface area contributed by atoms with Crippen LogP contribution in [-0.4, -0.2) is 30.6 Å². The Morgan fingerprint density at radius 3 is 2.48 bits per heavy atom. The first-order valence-electron chi connectivity index (χ1n) is 7.89. The summed E-state index contributed by atoms with van der Waals surface area (Å²) in [6.45, 7) is 3.82. The number of halogens is 1. The average molecular weight is 370 g/mol. The zero-order valence-corrected chi connectivity index (χ0v) is 15.2. The van der Waals surface area contributed by atoms with Gasteiger partial charge in [-0.1, -0.05) is 17.7 Å². The molecule has 0 N–H and O–H groups in total. The minimum absolute atomic E-state index is 0.114. The van der Waals surface area contributed by atoms with E-state index < -0.39 is 16.4 Å². The van der Waals surface area contributed by atoms with Crippen molar-refractivity contribution in [3.63, 3.8) is 0 Å². The molecule has 0 fully saturated rings. The van der Waals surface area contributed by atoms with Crippen LogP contribution in [0.1, 0.15) is 18.1 Å². The summed E-state index contributed by atoms with van der Waals surface area (Å²) in [5, 5.41) is 18.6. The fraction of sp³-hybridized carbons (Fsp3) is 0.211. The van der Waals surface area contributed by atoms with Gasteiger partial charge in [0.2, 0.25) is 5.82 Å². The van der Waals surface area contributed by atoms with Crippen molar-refractivity contribution in [2.24, 2.45) is 9.98 Å². The number of nitrogens with zero attached hydrogens (tertiary/aromatic N) is 4. The Morgan fingerprint density at radius 2 is 2.00 bits per heavy atom. The topological polar surface area (TPSA) is 101 Å². The summed E-state index contributed by atoms with van der Waals surface area (Å²) in [5.41, 5.74) is 1.04. The maximum absolute atomic E-state index is 13.3. The highest BCUT2D eigenvalue weighted by molar-refractivity contribution is 6.02. The van der Waals surface area contributed by atoms with E-state index >= 15 is 0 Å². The largest absolute Gasteiger partial charge is 0.479 e. The number of rotatable bonds is 4. The quantitative estimate of drug-likeness (QED) is 0.350. The molecule has 0 aliphatic heterocycles. The van der Waals surface area contributed by atoms with Crippen molar-refractivity contribution in [2.75, 3.05) is 13.7 Å². The third-order valence-electron chi connectivity index (χ3n) is 3.19. The summed E-state index contributed by atoms with van der Waals surface area (Å²) < 4.78 is 18.3. The Bertz CT molecular complexity index is 872. The molecule has 0 heterocycles. The summed E-state index contributed by atoms with van der Waals surface area (Å²) in [6, 6.07) is 13.1. The first-order chi connectivity index (χ1) is 12.9. The number of hydrogen-bond acceptors (Lipinski definition) is 5. The summed E-state index contributed by atoms with van der Waals surface area (Å²) in [4.78, 5) is 17.4. The van der Waals surface area contributed by atoms with Crippen molar-refractivity contribution in [2.45, 2.75) is 13.8 Å². The van der Waals surface area contributed by atoms with Gasteiger partial charge in [0.15, 0.2) is 12.4 Å². The second-order valence-electron chi connectivity index (χ2n) is 5.12. The van der Waals surface area contributed by atoms with Crippen LogP contribution >= 0.6 is 0 Å². The summed E-state index contributed by atoms with van der Waals surface area (Å²) in [7, 11) is 1.52. The average Bonchev–Trinajstić information content (AvgIpc) is 2.66. The number of ether oxygens (including phenoxy) is 1. The molecule has 0 spiro atoms. The van der Waals surface area contributed by atoms with Crippen LogP contribution in [0.2, 0.25) is 0 Å². The lowest BCUT2D eigenvalue weighted by atomic mass is 10.2. The third kappa shape index (κ3) is 7.04. The Hall–Kier alpha value is -3.60. The maximum Gasteiger partial charge on any atom is 0.304 e. The molecule has 0 bridgehead atoms. The van der Waals surface area contributed by atoms with E-state index in [9.17, 15) is 14.5 Å². The van der Waals surface area contributed by atoms with Crippen LogP contribution in [0.5, 0.6) is 5.75 Å². The lowest BCUT2D eigenvalue weighted by molar-refractivity contribution is -0.387. The molecular weight excluding hydrogens is 351 g/mol. The van der Waals surface area contributed by atoms with Gasteiger partial charge in [-0.3, -0.25) is 15.1 Å². The van der Waals surface area contributed by atoms with E-state index in [4.69, 9.17) is 10.00 Å². The molecule has 27 heavy (non-hydrogen) atoms. The molecule has 2 rings (SSSR count). The van der Waals surface area contributed by atoms with Gasteiger partial charge in [-0.05, 0) is 38.1 Å². The predicted molar refractivity (Wildman–Crippen MR) is 102 cm³/mol. The molecular formula is C19H19FN4O3. The van der Waals surface area contributed by atoms with Crippen molar-refractivity contribution in [3.8, 4) is 11.8 Å². The number of nitro groups is 1. The van der Waals surface area contributed by atoms with Gasteiger partial charge in [0.1, 0.15) is 11.8 Å². The Morgan fingerprint density at radius 1 is 1.33 bits per heavy atom. The molecule has 0 aliphatic carbocycles. The molecule has 2 aromatic rings. The van der Waals surface area contributed by atoms with Crippen LogP contribution in [-0.2, 0) is 0 Å². The third-order valence-corrected chi connectivity index (χ3v) is 3.19. The number of amidine groups is 1. The molecule has 0 aliphatic rings. The van der Waals surface area contributed by atoms with Crippen molar-refractivity contribution >= 4 is 17.7 Å². The number of aryl methyl sites for hydroxylation is 1. The molecule has 2 aromatic carbocycles. The van der Waals surface area contributed by atoms with E-state index in [0.717, 1.165) is 17.9 Å². The van der Waals surface area contributed by atoms with E-state index in [1.807, 2.05) is 37.3 Å². The molecule has 8 heteroatoms. The van der Waals surface area contributed by atoms with Crippen molar-refractivity contribution in [3.05, 3.63) is 69.5 Å². The minimum atomic E-state index is -0.894. The van der Waals surface area contributed by atoms with Crippen LogP contribution in [0.15, 0.2) is 52.4 Å². The normalized spacial score (nSPS) is 10.7. The van der Waals surface area contributed by atoms with Crippen molar-refractivity contribution in [1.29, 1.82) is 5.26 Å². The number of benzene rings is 2. The van der Waals surface area contributed by atoms with Crippen LogP contribution in [0.25, 0.3) is 0 Å². The van der Waals surface area contributed by atoms with Gasteiger partial charge in [-0.15, -0.1) is 0 Å². The van der Waals surface area contributed by atoms with Crippen LogP contribution in [0.3, 0.4) is 0 Å². The Balaban J connectivity index is 0.000000289. The van der Waals surface area contributed by atoms with Gasteiger partial charge in [0.05, 0.1) is 4.92 Å². The highest BCUT2D eigenvalue weighted by Crippen LogP contribution is 2.18. The van der Waals surface area contributed by atoms with Gasteiger partial charge in [0, 0.05) is 24.9 Å². The van der Waals surface area contributed by atoms with E-state index in [1.54, 1.807) is 6.92 Å². The lowest BCUT2D eigenvalue weighted by Gasteiger charge is -2.00. The van der Waals surface area contributed by atoms with E-state index in [2.05, 4.69) is 9.98 Å².